The third-order valence-corrected chi connectivity index (χ3v) is 2.17. The van der Waals surface area contributed by atoms with E-state index in [0.717, 1.165) is 18.2 Å². The zero-order valence-corrected chi connectivity index (χ0v) is 8.58. The third kappa shape index (κ3) is 3.48. The van der Waals surface area contributed by atoms with E-state index in [9.17, 15) is 18.0 Å². The summed E-state index contributed by atoms with van der Waals surface area (Å²) < 4.78 is 37.0. The van der Waals surface area contributed by atoms with Crippen LogP contribution in [0.15, 0.2) is 18.2 Å². The number of halogens is 3. The van der Waals surface area contributed by atoms with Crippen molar-refractivity contribution in [3.63, 3.8) is 0 Å². The van der Waals surface area contributed by atoms with E-state index in [-0.39, 0.29) is 18.4 Å². The van der Waals surface area contributed by atoms with Crippen molar-refractivity contribution in [2.45, 2.75) is 19.0 Å². The average molecular weight is 243 g/mol. The lowest BCUT2D eigenvalue weighted by Gasteiger charge is -2.09. The van der Waals surface area contributed by atoms with Gasteiger partial charge in [-0.25, -0.2) is 0 Å². The molecule has 0 bridgehead atoms. The van der Waals surface area contributed by atoms with Gasteiger partial charge in [-0.2, -0.15) is 18.4 Å². The van der Waals surface area contributed by atoms with Gasteiger partial charge in [0.2, 0.25) is 0 Å². The van der Waals surface area contributed by atoms with Gasteiger partial charge in [0.1, 0.15) is 0 Å². The lowest BCUT2D eigenvalue weighted by atomic mass is 10.0. The number of carboxylic acid groups (broad SMARTS) is 1. The molecule has 0 saturated heterocycles. The first-order valence-corrected chi connectivity index (χ1v) is 4.66. The van der Waals surface area contributed by atoms with E-state index >= 15 is 0 Å². The number of carbonyl (C=O) groups is 1. The summed E-state index contributed by atoms with van der Waals surface area (Å²) in [4.78, 5) is 10.3. The number of nitriles is 1. The van der Waals surface area contributed by atoms with Crippen LogP contribution in [0.5, 0.6) is 0 Å². The summed E-state index contributed by atoms with van der Waals surface area (Å²) in [6.45, 7) is 0. The first kappa shape index (κ1) is 13.0. The Kier molecular flexibility index (Phi) is 3.73. The van der Waals surface area contributed by atoms with E-state index in [0.29, 0.717) is 5.56 Å². The van der Waals surface area contributed by atoms with Crippen LogP contribution < -0.4 is 0 Å². The fourth-order valence-corrected chi connectivity index (χ4v) is 1.32. The molecular weight excluding hydrogens is 235 g/mol. The number of aliphatic carboxylic acids is 1. The molecule has 1 aromatic carbocycles. The maximum absolute atomic E-state index is 12.3. The Hall–Kier alpha value is -2.03. The highest BCUT2D eigenvalue weighted by Gasteiger charge is 2.30. The number of benzene rings is 1. The van der Waals surface area contributed by atoms with E-state index in [1.54, 1.807) is 6.07 Å². The topological polar surface area (TPSA) is 61.1 Å². The number of carboxylic acids is 1. The van der Waals surface area contributed by atoms with Crippen molar-refractivity contribution in [3.05, 3.63) is 34.9 Å². The van der Waals surface area contributed by atoms with Crippen molar-refractivity contribution in [1.82, 2.24) is 0 Å². The van der Waals surface area contributed by atoms with Gasteiger partial charge in [0.15, 0.2) is 0 Å². The predicted octanol–water partition coefficient (Wildman–Crippen LogP) is 2.59. The van der Waals surface area contributed by atoms with E-state index in [4.69, 9.17) is 10.4 Å². The second kappa shape index (κ2) is 4.87. The second-order valence-electron chi connectivity index (χ2n) is 3.38. The summed E-state index contributed by atoms with van der Waals surface area (Å²) in [6.07, 6.45) is -4.69. The van der Waals surface area contributed by atoms with Gasteiger partial charge in [-0.3, -0.25) is 4.79 Å². The Morgan fingerprint density at radius 2 is 2.06 bits per heavy atom. The monoisotopic (exact) mass is 243 g/mol. The number of rotatable bonds is 3. The van der Waals surface area contributed by atoms with Crippen LogP contribution >= 0.6 is 0 Å². The minimum atomic E-state index is -4.50. The maximum Gasteiger partial charge on any atom is 0.416 e. The molecule has 0 spiro atoms. The zero-order chi connectivity index (χ0) is 13.1. The summed E-state index contributed by atoms with van der Waals surface area (Å²) >= 11 is 0. The summed E-state index contributed by atoms with van der Waals surface area (Å²) in [7, 11) is 0. The van der Waals surface area contributed by atoms with Crippen molar-refractivity contribution in [3.8, 4) is 6.07 Å². The molecule has 0 amide bonds. The fourth-order valence-electron chi connectivity index (χ4n) is 1.32. The molecule has 0 aliphatic heterocycles. The number of alkyl halides is 3. The van der Waals surface area contributed by atoms with Crippen LogP contribution in [0.1, 0.15) is 23.1 Å². The first-order chi connectivity index (χ1) is 7.84. The Bertz CT molecular complexity index is 475. The molecule has 0 heterocycles. The zero-order valence-electron chi connectivity index (χ0n) is 8.58. The van der Waals surface area contributed by atoms with Gasteiger partial charge in [-0.1, -0.05) is 6.07 Å². The molecule has 0 fully saturated rings. The largest absolute Gasteiger partial charge is 0.481 e. The van der Waals surface area contributed by atoms with Crippen LogP contribution in [0, 0.1) is 11.3 Å². The van der Waals surface area contributed by atoms with Crippen molar-refractivity contribution >= 4 is 5.97 Å². The van der Waals surface area contributed by atoms with Crippen LogP contribution in [0.25, 0.3) is 0 Å². The number of aryl methyl sites for hydroxylation is 1. The summed E-state index contributed by atoms with van der Waals surface area (Å²) in [5, 5.41) is 17.2. The van der Waals surface area contributed by atoms with Crippen molar-refractivity contribution in [1.29, 1.82) is 5.26 Å². The first-order valence-electron chi connectivity index (χ1n) is 4.66. The van der Waals surface area contributed by atoms with Gasteiger partial charge in [0.25, 0.3) is 0 Å². The minimum absolute atomic E-state index is 0.0381. The highest BCUT2D eigenvalue weighted by Crippen LogP contribution is 2.30. The average Bonchev–Trinajstić information content (AvgIpc) is 2.24. The number of hydrogen-bond donors (Lipinski definition) is 1. The van der Waals surface area contributed by atoms with Crippen LogP contribution in [0.2, 0.25) is 0 Å². The van der Waals surface area contributed by atoms with Gasteiger partial charge < -0.3 is 5.11 Å². The van der Waals surface area contributed by atoms with Gasteiger partial charge in [-0.05, 0) is 24.1 Å². The second-order valence-corrected chi connectivity index (χ2v) is 3.38. The maximum atomic E-state index is 12.3. The molecule has 0 unspecified atom stereocenters. The van der Waals surface area contributed by atoms with Gasteiger partial charge in [0.05, 0.1) is 17.2 Å². The van der Waals surface area contributed by atoms with Crippen LogP contribution in [-0.4, -0.2) is 11.1 Å². The van der Waals surface area contributed by atoms with E-state index < -0.39 is 17.7 Å². The summed E-state index contributed by atoms with van der Waals surface area (Å²) in [6, 6.07) is 4.36. The van der Waals surface area contributed by atoms with Crippen molar-refractivity contribution in [2.24, 2.45) is 0 Å². The Morgan fingerprint density at radius 1 is 1.41 bits per heavy atom. The van der Waals surface area contributed by atoms with Gasteiger partial charge in [-0.15, -0.1) is 0 Å². The Morgan fingerprint density at radius 3 is 2.53 bits per heavy atom. The lowest BCUT2D eigenvalue weighted by Crippen LogP contribution is -2.07. The predicted molar refractivity (Wildman–Crippen MR) is 52.1 cm³/mol. The quantitative estimate of drug-likeness (QED) is 0.887. The van der Waals surface area contributed by atoms with E-state index in [1.165, 1.54) is 0 Å². The number of hydrogen-bond acceptors (Lipinski definition) is 2. The molecule has 0 saturated carbocycles. The standard InChI is InChI=1S/C11H8F3NO2/c12-11(13,14)9-3-1-7(2-4-10(16)17)8(5-9)6-15/h1,3,5H,2,4H2,(H,16,17). The smallest absolute Gasteiger partial charge is 0.416 e. The lowest BCUT2D eigenvalue weighted by molar-refractivity contribution is -0.138. The molecular formula is C11H8F3NO2. The highest BCUT2D eigenvalue weighted by molar-refractivity contribution is 5.67. The number of nitrogens with zero attached hydrogens (tertiary/aromatic N) is 1. The molecule has 0 radical (unpaired) electrons. The molecule has 17 heavy (non-hydrogen) atoms. The van der Waals surface area contributed by atoms with Crippen molar-refractivity contribution < 1.29 is 23.1 Å². The van der Waals surface area contributed by atoms with Crippen LogP contribution in [0.3, 0.4) is 0 Å². The minimum Gasteiger partial charge on any atom is -0.481 e. The molecule has 90 valence electrons. The fraction of sp³-hybridized carbons (Fsp3) is 0.273. The molecule has 3 nitrogen and oxygen atoms in total. The van der Waals surface area contributed by atoms with Gasteiger partial charge in [0, 0.05) is 6.42 Å². The Labute approximate surface area is 95.1 Å². The van der Waals surface area contributed by atoms with Crippen LogP contribution in [-0.2, 0) is 17.4 Å². The molecule has 0 aliphatic carbocycles. The summed E-state index contributed by atoms with van der Waals surface area (Å²) in [5.41, 5.74) is -0.739. The molecule has 0 aromatic heterocycles. The molecule has 0 atom stereocenters. The van der Waals surface area contributed by atoms with E-state index in [1.807, 2.05) is 0 Å². The SMILES string of the molecule is N#Cc1cc(C(F)(F)F)ccc1CCC(=O)O. The highest BCUT2D eigenvalue weighted by atomic mass is 19.4. The third-order valence-electron chi connectivity index (χ3n) is 2.17. The van der Waals surface area contributed by atoms with E-state index in [2.05, 4.69) is 0 Å². The molecule has 1 N–H and O–H groups in total. The van der Waals surface area contributed by atoms with Gasteiger partial charge >= 0.3 is 12.1 Å². The normalized spacial score (nSPS) is 10.9. The molecule has 1 aromatic rings. The molecule has 6 heteroatoms. The summed E-state index contributed by atoms with van der Waals surface area (Å²) in [5.74, 6) is -1.06. The van der Waals surface area contributed by atoms with Crippen molar-refractivity contribution in [2.75, 3.05) is 0 Å². The molecule has 1 rings (SSSR count). The Balaban J connectivity index is 3.03. The molecule has 0 aliphatic rings. The van der Waals surface area contributed by atoms with Crippen LogP contribution in [0.4, 0.5) is 13.2 Å².